The lowest BCUT2D eigenvalue weighted by Gasteiger charge is -2.01. The number of azo groups is 1. The van der Waals surface area contributed by atoms with Crippen molar-refractivity contribution in [3.05, 3.63) is 78.6 Å². The van der Waals surface area contributed by atoms with Crippen LogP contribution < -0.4 is 0 Å². The van der Waals surface area contributed by atoms with E-state index in [9.17, 15) is 0 Å². The second-order valence-electron chi connectivity index (χ2n) is 4.09. The lowest BCUT2D eigenvalue weighted by molar-refractivity contribution is 1.18. The summed E-state index contributed by atoms with van der Waals surface area (Å²) in [4.78, 5) is 0. The first-order valence-corrected chi connectivity index (χ1v) is 6.50. The summed E-state index contributed by atoms with van der Waals surface area (Å²) in [6.07, 6.45) is 13.4. The predicted molar refractivity (Wildman–Crippen MR) is 88.9 cm³/mol. The number of hydrogen-bond donors (Lipinski definition) is 0. The van der Waals surface area contributed by atoms with Gasteiger partial charge in [0.05, 0.1) is 11.4 Å². The van der Waals surface area contributed by atoms with Gasteiger partial charge in [0, 0.05) is 0 Å². The van der Waals surface area contributed by atoms with Crippen molar-refractivity contribution in [2.24, 2.45) is 10.2 Å². The van der Waals surface area contributed by atoms with E-state index in [1.807, 2.05) is 74.6 Å². The molecule has 0 saturated heterocycles. The molecule has 0 spiro atoms. The summed E-state index contributed by atoms with van der Waals surface area (Å²) in [5.41, 5.74) is 3.57. The van der Waals surface area contributed by atoms with Crippen LogP contribution in [0.1, 0.15) is 25.0 Å². The Morgan fingerprint density at radius 3 is 2.55 bits per heavy atom. The van der Waals surface area contributed by atoms with Gasteiger partial charge in [-0.05, 0) is 43.2 Å². The van der Waals surface area contributed by atoms with Crippen molar-refractivity contribution in [3.63, 3.8) is 0 Å². The fraction of sp³-hybridized carbons (Fsp3) is 0.111. The van der Waals surface area contributed by atoms with Gasteiger partial charge in [-0.15, -0.1) is 0 Å². The highest BCUT2D eigenvalue weighted by atomic mass is 15.1. The third kappa shape index (κ3) is 5.02. The smallest absolute Gasteiger partial charge is 0.0863 e. The van der Waals surface area contributed by atoms with Crippen molar-refractivity contribution in [2.75, 3.05) is 0 Å². The molecular formula is C18H20N2. The molecule has 0 aliphatic heterocycles. The van der Waals surface area contributed by atoms with Gasteiger partial charge in [0.1, 0.15) is 0 Å². The van der Waals surface area contributed by atoms with Gasteiger partial charge in [-0.2, -0.15) is 10.2 Å². The van der Waals surface area contributed by atoms with Crippen LogP contribution in [0.5, 0.6) is 0 Å². The Morgan fingerprint density at radius 2 is 1.90 bits per heavy atom. The minimum Gasteiger partial charge on any atom is -0.151 e. The first kappa shape index (κ1) is 15.6. The zero-order valence-electron chi connectivity index (χ0n) is 12.1. The summed E-state index contributed by atoms with van der Waals surface area (Å²) in [7, 11) is 0. The lowest BCUT2D eigenvalue weighted by Crippen LogP contribution is -1.79. The fourth-order valence-electron chi connectivity index (χ4n) is 1.57. The largest absolute Gasteiger partial charge is 0.151 e. The molecule has 0 aromatic heterocycles. The van der Waals surface area contributed by atoms with Crippen molar-refractivity contribution in [1.82, 2.24) is 0 Å². The first-order chi connectivity index (χ1) is 9.71. The van der Waals surface area contributed by atoms with Crippen LogP contribution in [0.3, 0.4) is 0 Å². The Balaban J connectivity index is 2.90. The van der Waals surface area contributed by atoms with Crippen molar-refractivity contribution < 1.29 is 0 Å². The van der Waals surface area contributed by atoms with Gasteiger partial charge in [-0.1, -0.05) is 55.7 Å². The van der Waals surface area contributed by atoms with Gasteiger partial charge in [0.25, 0.3) is 0 Å². The molecule has 0 unspecified atom stereocenters. The third-order valence-corrected chi connectivity index (χ3v) is 2.52. The molecule has 0 N–H and O–H groups in total. The number of benzene rings is 1. The molecule has 0 aliphatic rings. The summed E-state index contributed by atoms with van der Waals surface area (Å²) in [6.45, 7) is 11.6. The van der Waals surface area contributed by atoms with E-state index in [1.165, 1.54) is 0 Å². The molecule has 1 aromatic carbocycles. The molecule has 0 radical (unpaired) electrons. The Bertz CT molecular complexity index is 587. The number of hydrogen-bond acceptors (Lipinski definition) is 2. The number of nitrogens with zero attached hydrogens (tertiary/aromatic N) is 2. The first-order valence-electron chi connectivity index (χ1n) is 6.50. The topological polar surface area (TPSA) is 24.7 Å². The summed E-state index contributed by atoms with van der Waals surface area (Å²) in [6, 6.07) is 5.87. The molecule has 0 saturated carbocycles. The Morgan fingerprint density at radius 1 is 1.10 bits per heavy atom. The van der Waals surface area contributed by atoms with Gasteiger partial charge < -0.3 is 0 Å². The van der Waals surface area contributed by atoms with E-state index < -0.39 is 0 Å². The predicted octanol–water partition coefficient (Wildman–Crippen LogP) is 6.09. The van der Waals surface area contributed by atoms with Crippen molar-refractivity contribution in [1.29, 1.82) is 0 Å². The fourth-order valence-corrected chi connectivity index (χ4v) is 1.57. The van der Waals surface area contributed by atoms with Crippen LogP contribution in [0.15, 0.2) is 77.7 Å². The van der Waals surface area contributed by atoms with Gasteiger partial charge in [-0.25, -0.2) is 0 Å². The van der Waals surface area contributed by atoms with Crippen LogP contribution in [0.4, 0.5) is 5.69 Å². The zero-order valence-corrected chi connectivity index (χ0v) is 12.1. The standard InChI is InChI=1S/C18H20N2/c1-5-8-9-11-15(4)19-20-18-13-12-16(7-3)17(14-18)10-6-2/h5-14H,3-4H2,1-2H3/b8-5-,10-6-,11-9-,20-19?. The highest BCUT2D eigenvalue weighted by Crippen LogP contribution is 2.21. The van der Waals surface area contributed by atoms with E-state index >= 15 is 0 Å². The maximum absolute atomic E-state index is 4.19. The second kappa shape index (κ2) is 8.59. The zero-order chi connectivity index (χ0) is 14.8. The van der Waals surface area contributed by atoms with Crippen molar-refractivity contribution in [3.8, 4) is 0 Å². The molecule has 0 atom stereocenters. The number of rotatable bonds is 6. The molecule has 102 valence electrons. The molecule has 20 heavy (non-hydrogen) atoms. The Hall–Kier alpha value is -2.48. The van der Waals surface area contributed by atoms with Gasteiger partial charge in [0.15, 0.2) is 0 Å². The van der Waals surface area contributed by atoms with Crippen LogP contribution >= 0.6 is 0 Å². The van der Waals surface area contributed by atoms with E-state index in [4.69, 9.17) is 0 Å². The molecule has 0 fully saturated rings. The molecule has 0 bridgehead atoms. The van der Waals surface area contributed by atoms with Crippen molar-refractivity contribution in [2.45, 2.75) is 13.8 Å². The lowest BCUT2D eigenvalue weighted by atomic mass is 10.1. The van der Waals surface area contributed by atoms with Crippen LogP contribution in [0.2, 0.25) is 0 Å². The third-order valence-electron chi connectivity index (χ3n) is 2.52. The Labute approximate surface area is 121 Å². The quantitative estimate of drug-likeness (QED) is 0.438. The van der Waals surface area contributed by atoms with E-state index in [1.54, 1.807) is 0 Å². The van der Waals surface area contributed by atoms with Crippen molar-refractivity contribution >= 4 is 17.8 Å². The molecule has 1 rings (SSSR count). The summed E-state index contributed by atoms with van der Waals surface area (Å²) < 4.78 is 0. The molecule has 2 heteroatoms. The molecule has 0 aliphatic carbocycles. The van der Waals surface area contributed by atoms with Gasteiger partial charge in [-0.3, -0.25) is 0 Å². The second-order valence-corrected chi connectivity index (χ2v) is 4.09. The SMILES string of the molecule is C=Cc1ccc(N=NC(=C)/C=C\C=C/C)cc1/C=C\C. The molecular weight excluding hydrogens is 244 g/mol. The molecule has 0 heterocycles. The molecule has 1 aromatic rings. The summed E-state index contributed by atoms with van der Waals surface area (Å²) >= 11 is 0. The summed E-state index contributed by atoms with van der Waals surface area (Å²) in [5.74, 6) is 0. The normalized spacial score (nSPS) is 12.1. The van der Waals surface area contributed by atoms with Crippen LogP contribution in [-0.4, -0.2) is 0 Å². The minimum absolute atomic E-state index is 0.614. The van der Waals surface area contributed by atoms with Crippen LogP contribution in [0.25, 0.3) is 12.2 Å². The highest BCUT2D eigenvalue weighted by molar-refractivity contribution is 5.67. The van der Waals surface area contributed by atoms with E-state index in [2.05, 4.69) is 23.4 Å². The Kier molecular flexibility index (Phi) is 6.69. The van der Waals surface area contributed by atoms with E-state index in [0.29, 0.717) is 5.70 Å². The van der Waals surface area contributed by atoms with E-state index in [0.717, 1.165) is 16.8 Å². The maximum Gasteiger partial charge on any atom is 0.0863 e. The average Bonchev–Trinajstić information content (AvgIpc) is 2.46. The van der Waals surface area contributed by atoms with Gasteiger partial charge in [0.2, 0.25) is 0 Å². The average molecular weight is 264 g/mol. The monoisotopic (exact) mass is 264 g/mol. The van der Waals surface area contributed by atoms with Gasteiger partial charge >= 0.3 is 0 Å². The van der Waals surface area contributed by atoms with Crippen LogP contribution in [-0.2, 0) is 0 Å². The molecule has 2 nitrogen and oxygen atoms in total. The number of allylic oxidation sites excluding steroid dienone is 5. The van der Waals surface area contributed by atoms with Crippen LogP contribution in [0, 0.1) is 0 Å². The van der Waals surface area contributed by atoms with E-state index in [-0.39, 0.29) is 0 Å². The highest BCUT2D eigenvalue weighted by Gasteiger charge is 1.97. The summed E-state index contributed by atoms with van der Waals surface area (Å²) in [5, 5.41) is 8.27. The minimum atomic E-state index is 0.614. The molecule has 0 amide bonds. The maximum atomic E-state index is 4.19.